The SMILES string of the molecule is C#CC(NCC)c1ccc2c(c1)CCO2. The number of benzene rings is 1. The second-order valence-electron chi connectivity index (χ2n) is 3.62. The fourth-order valence-corrected chi connectivity index (χ4v) is 1.86. The number of hydrogen-bond acceptors (Lipinski definition) is 2. The molecule has 0 fully saturated rings. The van der Waals surface area contributed by atoms with E-state index in [0.29, 0.717) is 0 Å². The van der Waals surface area contributed by atoms with Crippen LogP contribution in [0.3, 0.4) is 0 Å². The predicted octanol–water partition coefficient (Wildman–Crippen LogP) is 1.91. The summed E-state index contributed by atoms with van der Waals surface area (Å²) in [6, 6.07) is 6.22. The van der Waals surface area contributed by atoms with Crippen LogP contribution in [0.25, 0.3) is 0 Å². The number of nitrogens with one attached hydrogen (secondary N) is 1. The zero-order valence-corrected chi connectivity index (χ0v) is 8.92. The van der Waals surface area contributed by atoms with Crippen LogP contribution in [-0.4, -0.2) is 13.2 Å². The van der Waals surface area contributed by atoms with Crippen LogP contribution in [0.2, 0.25) is 0 Å². The standard InChI is InChI=1S/C13H15NO/c1-3-12(14-4-2)10-5-6-13-11(9-10)7-8-15-13/h1,5-6,9,12,14H,4,7-8H2,2H3. The first kappa shape index (κ1) is 10.1. The average Bonchev–Trinajstić information content (AvgIpc) is 2.72. The Labute approximate surface area is 90.6 Å². The van der Waals surface area contributed by atoms with Crippen LogP contribution in [0.4, 0.5) is 0 Å². The van der Waals surface area contributed by atoms with Gasteiger partial charge in [0.05, 0.1) is 12.6 Å². The molecule has 1 aromatic carbocycles. The van der Waals surface area contributed by atoms with Crippen LogP contribution in [0, 0.1) is 12.3 Å². The van der Waals surface area contributed by atoms with Crippen LogP contribution >= 0.6 is 0 Å². The second kappa shape index (κ2) is 4.37. The highest BCUT2D eigenvalue weighted by Gasteiger charge is 2.14. The van der Waals surface area contributed by atoms with Gasteiger partial charge >= 0.3 is 0 Å². The lowest BCUT2D eigenvalue weighted by molar-refractivity contribution is 0.357. The molecule has 0 bridgehead atoms. The molecule has 15 heavy (non-hydrogen) atoms. The summed E-state index contributed by atoms with van der Waals surface area (Å²) in [5, 5.41) is 3.26. The van der Waals surface area contributed by atoms with Crippen molar-refractivity contribution in [2.45, 2.75) is 19.4 Å². The van der Waals surface area contributed by atoms with Gasteiger partial charge in [-0.2, -0.15) is 0 Å². The molecule has 2 heteroatoms. The lowest BCUT2D eigenvalue weighted by atomic mass is 10.0. The molecule has 0 saturated heterocycles. The molecule has 78 valence electrons. The molecule has 0 saturated carbocycles. The zero-order chi connectivity index (χ0) is 10.7. The van der Waals surface area contributed by atoms with Gasteiger partial charge in [-0.3, -0.25) is 0 Å². The average molecular weight is 201 g/mol. The fourth-order valence-electron chi connectivity index (χ4n) is 1.86. The number of terminal acetylenes is 1. The molecule has 0 radical (unpaired) electrons. The Morgan fingerprint density at radius 1 is 1.60 bits per heavy atom. The van der Waals surface area contributed by atoms with Crippen molar-refractivity contribution in [3.8, 4) is 18.1 Å². The third-order valence-electron chi connectivity index (χ3n) is 2.62. The Morgan fingerprint density at radius 3 is 3.20 bits per heavy atom. The number of fused-ring (bicyclic) bond motifs is 1. The van der Waals surface area contributed by atoms with Gasteiger partial charge in [0.1, 0.15) is 5.75 Å². The summed E-state index contributed by atoms with van der Waals surface area (Å²) in [6.45, 7) is 3.73. The van der Waals surface area contributed by atoms with Gasteiger partial charge in [-0.25, -0.2) is 0 Å². The van der Waals surface area contributed by atoms with E-state index in [9.17, 15) is 0 Å². The smallest absolute Gasteiger partial charge is 0.122 e. The Balaban J connectivity index is 2.25. The molecule has 0 aliphatic carbocycles. The Hall–Kier alpha value is -1.46. The number of hydrogen-bond donors (Lipinski definition) is 1. The van der Waals surface area contributed by atoms with Crippen molar-refractivity contribution in [3.05, 3.63) is 29.3 Å². The Bertz CT molecular complexity index is 392. The highest BCUT2D eigenvalue weighted by molar-refractivity contribution is 5.42. The van der Waals surface area contributed by atoms with E-state index in [1.807, 2.05) is 12.1 Å². The maximum Gasteiger partial charge on any atom is 0.122 e. The van der Waals surface area contributed by atoms with Crippen molar-refractivity contribution >= 4 is 0 Å². The monoisotopic (exact) mass is 201 g/mol. The van der Waals surface area contributed by atoms with Crippen molar-refractivity contribution in [3.63, 3.8) is 0 Å². The first-order valence-corrected chi connectivity index (χ1v) is 5.30. The van der Waals surface area contributed by atoms with E-state index < -0.39 is 0 Å². The first-order chi connectivity index (χ1) is 7.35. The molecule has 1 atom stereocenters. The molecular weight excluding hydrogens is 186 g/mol. The lowest BCUT2D eigenvalue weighted by Gasteiger charge is -2.12. The van der Waals surface area contributed by atoms with E-state index in [2.05, 4.69) is 24.2 Å². The molecule has 1 heterocycles. The van der Waals surface area contributed by atoms with Crippen LogP contribution in [0.1, 0.15) is 24.1 Å². The summed E-state index contributed by atoms with van der Waals surface area (Å²) in [4.78, 5) is 0. The quantitative estimate of drug-likeness (QED) is 0.754. The van der Waals surface area contributed by atoms with E-state index in [4.69, 9.17) is 11.2 Å². The molecule has 2 nitrogen and oxygen atoms in total. The molecule has 1 aromatic rings. The number of ether oxygens (including phenoxy) is 1. The normalized spacial score (nSPS) is 15.2. The third-order valence-corrected chi connectivity index (χ3v) is 2.62. The Morgan fingerprint density at radius 2 is 2.47 bits per heavy atom. The van der Waals surface area contributed by atoms with Crippen molar-refractivity contribution in [2.24, 2.45) is 0 Å². The van der Waals surface area contributed by atoms with Gasteiger partial charge in [-0.05, 0) is 29.8 Å². The summed E-state index contributed by atoms with van der Waals surface area (Å²) in [6.07, 6.45) is 6.48. The van der Waals surface area contributed by atoms with Crippen LogP contribution in [-0.2, 0) is 6.42 Å². The molecule has 0 spiro atoms. The second-order valence-corrected chi connectivity index (χ2v) is 3.62. The Kier molecular flexibility index (Phi) is 2.94. The topological polar surface area (TPSA) is 21.3 Å². The van der Waals surface area contributed by atoms with Crippen molar-refractivity contribution in [2.75, 3.05) is 13.2 Å². The van der Waals surface area contributed by atoms with Gasteiger partial charge < -0.3 is 10.1 Å². The van der Waals surface area contributed by atoms with Crippen molar-refractivity contribution < 1.29 is 4.74 Å². The highest BCUT2D eigenvalue weighted by atomic mass is 16.5. The summed E-state index contributed by atoms with van der Waals surface area (Å²) in [5.74, 6) is 3.76. The lowest BCUT2D eigenvalue weighted by Crippen LogP contribution is -2.19. The molecule has 1 N–H and O–H groups in total. The van der Waals surface area contributed by atoms with E-state index >= 15 is 0 Å². The molecule has 1 unspecified atom stereocenters. The van der Waals surface area contributed by atoms with E-state index in [1.165, 1.54) is 5.56 Å². The molecule has 2 rings (SSSR count). The van der Waals surface area contributed by atoms with Crippen LogP contribution < -0.4 is 10.1 Å². The minimum Gasteiger partial charge on any atom is -0.493 e. The van der Waals surface area contributed by atoms with Gasteiger partial charge in [-0.15, -0.1) is 6.42 Å². The first-order valence-electron chi connectivity index (χ1n) is 5.30. The predicted molar refractivity (Wildman–Crippen MR) is 60.9 cm³/mol. The van der Waals surface area contributed by atoms with Crippen molar-refractivity contribution in [1.82, 2.24) is 5.32 Å². The zero-order valence-electron chi connectivity index (χ0n) is 8.92. The maximum atomic E-state index is 5.49. The van der Waals surface area contributed by atoms with E-state index in [0.717, 1.165) is 30.9 Å². The van der Waals surface area contributed by atoms with E-state index in [-0.39, 0.29) is 6.04 Å². The minimum atomic E-state index is 0.0147. The summed E-state index contributed by atoms with van der Waals surface area (Å²) in [7, 11) is 0. The van der Waals surface area contributed by atoms with Gasteiger partial charge in [0.25, 0.3) is 0 Å². The van der Waals surface area contributed by atoms with Gasteiger partial charge in [0.2, 0.25) is 0 Å². The minimum absolute atomic E-state index is 0.0147. The molecule has 1 aliphatic rings. The highest BCUT2D eigenvalue weighted by Crippen LogP contribution is 2.27. The van der Waals surface area contributed by atoms with Crippen molar-refractivity contribution in [1.29, 1.82) is 0 Å². The van der Waals surface area contributed by atoms with E-state index in [1.54, 1.807) is 0 Å². The molecule has 0 aromatic heterocycles. The number of rotatable bonds is 3. The van der Waals surface area contributed by atoms with Gasteiger partial charge in [0, 0.05) is 6.42 Å². The summed E-state index contributed by atoms with van der Waals surface area (Å²) in [5.41, 5.74) is 2.43. The van der Waals surface area contributed by atoms with Crippen LogP contribution in [0.15, 0.2) is 18.2 Å². The third kappa shape index (κ3) is 1.98. The largest absolute Gasteiger partial charge is 0.493 e. The fraction of sp³-hybridized carbons (Fsp3) is 0.385. The molecule has 1 aliphatic heterocycles. The van der Waals surface area contributed by atoms with Gasteiger partial charge in [0.15, 0.2) is 0 Å². The molecule has 0 amide bonds. The van der Waals surface area contributed by atoms with Gasteiger partial charge in [-0.1, -0.05) is 18.9 Å². The maximum absolute atomic E-state index is 5.49. The van der Waals surface area contributed by atoms with Crippen LogP contribution in [0.5, 0.6) is 5.75 Å². The summed E-state index contributed by atoms with van der Waals surface area (Å²) >= 11 is 0. The summed E-state index contributed by atoms with van der Waals surface area (Å²) < 4.78 is 5.45. The molecular formula is C13H15NO.